The predicted molar refractivity (Wildman–Crippen MR) is 68.0 cm³/mol. The van der Waals surface area contributed by atoms with Gasteiger partial charge in [0.25, 0.3) is 0 Å². The summed E-state index contributed by atoms with van der Waals surface area (Å²) < 4.78 is 13.9. The second-order valence-corrected chi connectivity index (χ2v) is 4.59. The van der Waals surface area contributed by atoms with E-state index in [2.05, 4.69) is 11.8 Å². The van der Waals surface area contributed by atoms with Crippen molar-refractivity contribution in [3.8, 4) is 0 Å². The number of hydrogen-bond acceptors (Lipinski definition) is 2. The standard InChI is InChI=1S/C13H18FN3/c1-2-9-5-6-17(8-9)12-4-3-10(13(15)16)7-11(12)14/h3-4,7,9H,2,5-6,8H2,1H3,(H3,15,16). The van der Waals surface area contributed by atoms with E-state index in [4.69, 9.17) is 11.1 Å². The number of nitrogen functional groups attached to an aromatic ring is 1. The Balaban J connectivity index is 2.20. The molecule has 1 aliphatic rings. The number of rotatable bonds is 3. The van der Waals surface area contributed by atoms with E-state index in [1.54, 1.807) is 12.1 Å². The van der Waals surface area contributed by atoms with E-state index >= 15 is 0 Å². The first kappa shape index (κ1) is 11.9. The Kier molecular flexibility index (Phi) is 3.31. The first-order chi connectivity index (χ1) is 8.11. The minimum Gasteiger partial charge on any atom is -0.384 e. The number of nitrogens with two attached hydrogens (primary N) is 1. The van der Waals surface area contributed by atoms with Crippen LogP contribution in [0.15, 0.2) is 18.2 Å². The number of benzene rings is 1. The van der Waals surface area contributed by atoms with Gasteiger partial charge in [-0.3, -0.25) is 5.41 Å². The molecule has 1 atom stereocenters. The Morgan fingerprint density at radius 2 is 2.35 bits per heavy atom. The van der Waals surface area contributed by atoms with Gasteiger partial charge in [0.2, 0.25) is 0 Å². The Morgan fingerprint density at radius 1 is 1.59 bits per heavy atom. The fourth-order valence-corrected chi connectivity index (χ4v) is 2.32. The molecule has 1 unspecified atom stereocenters. The van der Waals surface area contributed by atoms with Gasteiger partial charge in [-0.25, -0.2) is 4.39 Å². The van der Waals surface area contributed by atoms with Gasteiger partial charge < -0.3 is 10.6 Å². The predicted octanol–water partition coefficient (Wildman–Crippen LogP) is 2.35. The van der Waals surface area contributed by atoms with Crippen molar-refractivity contribution in [3.63, 3.8) is 0 Å². The third kappa shape index (κ3) is 2.40. The lowest BCUT2D eigenvalue weighted by atomic mass is 10.1. The fourth-order valence-electron chi connectivity index (χ4n) is 2.32. The summed E-state index contributed by atoms with van der Waals surface area (Å²) in [5.41, 5.74) is 6.41. The fraction of sp³-hybridized carbons (Fsp3) is 0.462. The van der Waals surface area contributed by atoms with Crippen molar-refractivity contribution in [2.75, 3.05) is 18.0 Å². The van der Waals surface area contributed by atoms with Crippen molar-refractivity contribution in [2.45, 2.75) is 19.8 Å². The zero-order valence-electron chi connectivity index (χ0n) is 10.0. The average Bonchev–Trinajstić information content (AvgIpc) is 2.77. The normalized spacial score (nSPS) is 19.6. The average molecular weight is 235 g/mol. The van der Waals surface area contributed by atoms with Crippen molar-refractivity contribution in [2.24, 2.45) is 11.7 Å². The van der Waals surface area contributed by atoms with Gasteiger partial charge >= 0.3 is 0 Å². The van der Waals surface area contributed by atoms with Crippen LogP contribution < -0.4 is 10.6 Å². The molecule has 0 bridgehead atoms. The lowest BCUT2D eigenvalue weighted by molar-refractivity contribution is 0.567. The highest BCUT2D eigenvalue weighted by atomic mass is 19.1. The summed E-state index contributed by atoms with van der Waals surface area (Å²) in [5.74, 6) is 0.291. The SMILES string of the molecule is CCC1CCN(c2ccc(C(=N)N)cc2F)C1. The molecule has 92 valence electrons. The highest BCUT2D eigenvalue weighted by molar-refractivity contribution is 5.95. The van der Waals surface area contributed by atoms with Crippen LogP contribution >= 0.6 is 0 Å². The van der Waals surface area contributed by atoms with Crippen molar-refractivity contribution in [3.05, 3.63) is 29.6 Å². The molecule has 0 aromatic heterocycles. The van der Waals surface area contributed by atoms with Crippen LogP contribution in [0.5, 0.6) is 0 Å². The minimum atomic E-state index is -0.283. The molecule has 0 radical (unpaired) electrons. The van der Waals surface area contributed by atoms with E-state index in [-0.39, 0.29) is 11.7 Å². The van der Waals surface area contributed by atoms with E-state index < -0.39 is 0 Å². The summed E-state index contributed by atoms with van der Waals surface area (Å²) in [4.78, 5) is 2.08. The van der Waals surface area contributed by atoms with Gasteiger partial charge in [-0.05, 0) is 30.5 Å². The molecule has 1 heterocycles. The topological polar surface area (TPSA) is 53.1 Å². The molecule has 0 aliphatic carbocycles. The quantitative estimate of drug-likeness (QED) is 0.624. The molecule has 0 spiro atoms. The molecule has 0 amide bonds. The maximum Gasteiger partial charge on any atom is 0.147 e. The zero-order valence-corrected chi connectivity index (χ0v) is 10.0. The molecule has 3 nitrogen and oxygen atoms in total. The monoisotopic (exact) mass is 235 g/mol. The molecule has 4 heteroatoms. The Morgan fingerprint density at radius 3 is 2.88 bits per heavy atom. The number of halogens is 1. The van der Waals surface area contributed by atoms with E-state index in [1.807, 2.05) is 0 Å². The van der Waals surface area contributed by atoms with Crippen LogP contribution in [0, 0.1) is 17.1 Å². The van der Waals surface area contributed by atoms with Gasteiger partial charge in [0.05, 0.1) is 5.69 Å². The second-order valence-electron chi connectivity index (χ2n) is 4.59. The molecule has 1 saturated heterocycles. The molecule has 3 N–H and O–H groups in total. The number of nitrogens with zero attached hydrogens (tertiary/aromatic N) is 1. The summed E-state index contributed by atoms with van der Waals surface area (Å²) in [6.07, 6.45) is 2.27. The van der Waals surface area contributed by atoms with Gasteiger partial charge in [0.1, 0.15) is 11.7 Å². The lowest BCUT2D eigenvalue weighted by Gasteiger charge is -2.19. The lowest BCUT2D eigenvalue weighted by Crippen LogP contribution is -2.21. The van der Waals surface area contributed by atoms with Crippen molar-refractivity contribution >= 4 is 11.5 Å². The molecule has 0 saturated carbocycles. The van der Waals surface area contributed by atoms with Gasteiger partial charge in [-0.1, -0.05) is 13.3 Å². The van der Waals surface area contributed by atoms with Crippen molar-refractivity contribution in [1.82, 2.24) is 0 Å². The van der Waals surface area contributed by atoms with E-state index in [0.29, 0.717) is 17.2 Å². The van der Waals surface area contributed by atoms with Crippen LogP contribution in [0.2, 0.25) is 0 Å². The van der Waals surface area contributed by atoms with Crippen LogP contribution in [-0.2, 0) is 0 Å². The maximum absolute atomic E-state index is 13.9. The van der Waals surface area contributed by atoms with E-state index in [9.17, 15) is 4.39 Å². The minimum absolute atomic E-state index is 0.0942. The van der Waals surface area contributed by atoms with E-state index in [0.717, 1.165) is 25.9 Å². The Hall–Kier alpha value is -1.58. The first-order valence-corrected chi connectivity index (χ1v) is 6.00. The summed E-state index contributed by atoms with van der Waals surface area (Å²) in [6, 6.07) is 4.78. The van der Waals surface area contributed by atoms with Crippen LogP contribution in [0.3, 0.4) is 0 Å². The van der Waals surface area contributed by atoms with Crippen LogP contribution in [0.1, 0.15) is 25.3 Å². The summed E-state index contributed by atoms with van der Waals surface area (Å²) in [7, 11) is 0. The van der Waals surface area contributed by atoms with E-state index in [1.165, 1.54) is 6.07 Å². The van der Waals surface area contributed by atoms with Crippen LogP contribution in [-0.4, -0.2) is 18.9 Å². The largest absolute Gasteiger partial charge is 0.384 e. The van der Waals surface area contributed by atoms with Crippen molar-refractivity contribution in [1.29, 1.82) is 5.41 Å². The third-order valence-corrected chi connectivity index (χ3v) is 3.46. The highest BCUT2D eigenvalue weighted by Crippen LogP contribution is 2.28. The molecular weight excluding hydrogens is 217 g/mol. The number of nitrogens with one attached hydrogen (secondary N) is 1. The van der Waals surface area contributed by atoms with Gasteiger partial charge in [-0.15, -0.1) is 0 Å². The molecule has 1 aromatic rings. The first-order valence-electron chi connectivity index (χ1n) is 6.00. The molecular formula is C13H18FN3. The van der Waals surface area contributed by atoms with Gasteiger partial charge in [0, 0.05) is 18.7 Å². The smallest absolute Gasteiger partial charge is 0.147 e. The molecule has 17 heavy (non-hydrogen) atoms. The highest BCUT2D eigenvalue weighted by Gasteiger charge is 2.23. The third-order valence-electron chi connectivity index (χ3n) is 3.46. The Labute approximate surface area is 101 Å². The Bertz CT molecular complexity index is 431. The maximum atomic E-state index is 13.9. The zero-order chi connectivity index (χ0) is 12.4. The number of hydrogen-bond donors (Lipinski definition) is 2. The summed E-state index contributed by atoms with van der Waals surface area (Å²) in [5, 5.41) is 7.27. The molecule has 1 fully saturated rings. The summed E-state index contributed by atoms with van der Waals surface area (Å²) >= 11 is 0. The van der Waals surface area contributed by atoms with Gasteiger partial charge in [-0.2, -0.15) is 0 Å². The number of amidine groups is 1. The summed E-state index contributed by atoms with van der Waals surface area (Å²) in [6.45, 7) is 4.01. The number of anilines is 1. The van der Waals surface area contributed by atoms with Crippen LogP contribution in [0.4, 0.5) is 10.1 Å². The van der Waals surface area contributed by atoms with Gasteiger partial charge in [0.15, 0.2) is 0 Å². The second kappa shape index (κ2) is 4.73. The molecule has 1 aliphatic heterocycles. The molecule has 1 aromatic carbocycles. The van der Waals surface area contributed by atoms with Crippen molar-refractivity contribution < 1.29 is 4.39 Å². The molecule has 2 rings (SSSR count). The van der Waals surface area contributed by atoms with Crippen LogP contribution in [0.25, 0.3) is 0 Å².